The molecule has 1 saturated carbocycles. The van der Waals surface area contributed by atoms with Crippen molar-refractivity contribution in [3.8, 4) is 0 Å². The Bertz CT molecular complexity index is 389. The first kappa shape index (κ1) is 12.2. The molecule has 0 aromatic carbocycles. The van der Waals surface area contributed by atoms with Crippen LogP contribution >= 0.6 is 0 Å². The third-order valence-electron chi connectivity index (χ3n) is 3.98. The SMILES string of the molecule is C=C[C@H]1CC[C@H](C(C)C)[C@H]1C(=O)c1ccco1. The molecule has 2 rings (SSSR count). The molecule has 1 aliphatic rings. The Hall–Kier alpha value is -1.31. The molecule has 1 heterocycles. The predicted molar refractivity (Wildman–Crippen MR) is 67.8 cm³/mol. The molecule has 1 aromatic heterocycles. The molecule has 1 aromatic rings. The van der Waals surface area contributed by atoms with Gasteiger partial charge in [0, 0.05) is 5.92 Å². The van der Waals surface area contributed by atoms with Gasteiger partial charge in [0.2, 0.25) is 5.78 Å². The van der Waals surface area contributed by atoms with Crippen LogP contribution in [0.5, 0.6) is 0 Å². The lowest BCUT2D eigenvalue weighted by molar-refractivity contribution is 0.0815. The largest absolute Gasteiger partial charge is 0.461 e. The van der Waals surface area contributed by atoms with E-state index in [1.165, 1.54) is 0 Å². The van der Waals surface area contributed by atoms with Gasteiger partial charge >= 0.3 is 0 Å². The number of hydrogen-bond donors (Lipinski definition) is 0. The van der Waals surface area contributed by atoms with Crippen LogP contribution in [-0.2, 0) is 0 Å². The standard InChI is InChI=1S/C15H20O2/c1-4-11-7-8-12(10(2)3)14(11)15(16)13-6-5-9-17-13/h4-6,9-12,14H,1,7-8H2,2-3H3/t11-,12+,14-/m0/s1. The highest BCUT2D eigenvalue weighted by atomic mass is 16.3. The summed E-state index contributed by atoms with van der Waals surface area (Å²) in [7, 11) is 0. The molecule has 2 heteroatoms. The number of ketones is 1. The molecule has 92 valence electrons. The Morgan fingerprint density at radius 2 is 2.29 bits per heavy atom. The lowest BCUT2D eigenvalue weighted by Crippen LogP contribution is -2.26. The van der Waals surface area contributed by atoms with Gasteiger partial charge in [-0.05, 0) is 42.7 Å². The second-order valence-corrected chi connectivity index (χ2v) is 5.25. The van der Waals surface area contributed by atoms with Gasteiger partial charge in [-0.15, -0.1) is 6.58 Å². The molecule has 0 N–H and O–H groups in total. The molecule has 0 bridgehead atoms. The van der Waals surface area contributed by atoms with Crippen molar-refractivity contribution >= 4 is 5.78 Å². The van der Waals surface area contributed by atoms with E-state index in [9.17, 15) is 4.79 Å². The summed E-state index contributed by atoms with van der Waals surface area (Å²) in [6.45, 7) is 8.25. The number of allylic oxidation sites excluding steroid dienone is 1. The number of rotatable bonds is 4. The van der Waals surface area contributed by atoms with Gasteiger partial charge in [0.05, 0.1) is 6.26 Å². The number of carbonyl (C=O) groups is 1. The van der Waals surface area contributed by atoms with E-state index in [-0.39, 0.29) is 11.7 Å². The summed E-state index contributed by atoms with van der Waals surface area (Å²) in [5, 5.41) is 0. The van der Waals surface area contributed by atoms with Crippen LogP contribution < -0.4 is 0 Å². The maximum atomic E-state index is 12.5. The Morgan fingerprint density at radius 3 is 2.82 bits per heavy atom. The number of carbonyl (C=O) groups excluding carboxylic acids is 1. The summed E-state index contributed by atoms with van der Waals surface area (Å²) in [4.78, 5) is 12.5. The summed E-state index contributed by atoms with van der Waals surface area (Å²) in [6.07, 6.45) is 5.69. The zero-order valence-corrected chi connectivity index (χ0v) is 10.6. The summed E-state index contributed by atoms with van der Waals surface area (Å²) < 4.78 is 5.24. The van der Waals surface area contributed by atoms with E-state index < -0.39 is 0 Å². The third-order valence-corrected chi connectivity index (χ3v) is 3.98. The molecule has 0 radical (unpaired) electrons. The molecular formula is C15H20O2. The van der Waals surface area contributed by atoms with E-state index >= 15 is 0 Å². The predicted octanol–water partition coefficient (Wildman–Crippen LogP) is 3.95. The van der Waals surface area contributed by atoms with Gasteiger partial charge in [-0.25, -0.2) is 0 Å². The van der Waals surface area contributed by atoms with E-state index in [4.69, 9.17) is 4.42 Å². The molecule has 1 fully saturated rings. The highest BCUT2D eigenvalue weighted by Crippen LogP contribution is 2.43. The molecule has 3 atom stereocenters. The van der Waals surface area contributed by atoms with Crippen molar-refractivity contribution in [3.05, 3.63) is 36.8 Å². The van der Waals surface area contributed by atoms with Crippen molar-refractivity contribution in [2.24, 2.45) is 23.7 Å². The summed E-state index contributed by atoms with van der Waals surface area (Å²) in [6, 6.07) is 3.54. The summed E-state index contributed by atoms with van der Waals surface area (Å²) in [5.74, 6) is 1.99. The molecule has 0 amide bonds. The highest BCUT2D eigenvalue weighted by molar-refractivity contribution is 5.96. The average Bonchev–Trinajstić information content (AvgIpc) is 2.96. The number of furan rings is 1. The molecular weight excluding hydrogens is 212 g/mol. The van der Waals surface area contributed by atoms with Gasteiger partial charge in [0.15, 0.2) is 5.76 Å². The van der Waals surface area contributed by atoms with E-state index in [1.54, 1.807) is 18.4 Å². The Balaban J connectivity index is 2.25. The van der Waals surface area contributed by atoms with Crippen LogP contribution in [0.3, 0.4) is 0 Å². The monoisotopic (exact) mass is 232 g/mol. The van der Waals surface area contributed by atoms with Crippen molar-refractivity contribution in [3.63, 3.8) is 0 Å². The lowest BCUT2D eigenvalue weighted by atomic mass is 9.79. The Labute approximate surface area is 103 Å². The quantitative estimate of drug-likeness (QED) is 0.581. The number of hydrogen-bond acceptors (Lipinski definition) is 2. The van der Waals surface area contributed by atoms with Crippen LogP contribution in [0, 0.1) is 23.7 Å². The van der Waals surface area contributed by atoms with Crippen LogP contribution in [0.25, 0.3) is 0 Å². The van der Waals surface area contributed by atoms with E-state index in [0.717, 1.165) is 12.8 Å². The maximum absolute atomic E-state index is 12.5. The van der Waals surface area contributed by atoms with Gasteiger partial charge in [0.25, 0.3) is 0 Å². The smallest absolute Gasteiger partial charge is 0.201 e. The zero-order chi connectivity index (χ0) is 12.4. The van der Waals surface area contributed by atoms with E-state index in [0.29, 0.717) is 23.5 Å². The third kappa shape index (κ3) is 2.21. The van der Waals surface area contributed by atoms with Crippen molar-refractivity contribution < 1.29 is 9.21 Å². The molecule has 1 aliphatic carbocycles. The number of Topliss-reactive ketones (excluding diaryl/α,β-unsaturated/α-hetero) is 1. The van der Waals surface area contributed by atoms with Gasteiger partial charge in [0.1, 0.15) is 0 Å². The Morgan fingerprint density at radius 1 is 1.53 bits per heavy atom. The highest BCUT2D eigenvalue weighted by Gasteiger charge is 2.41. The van der Waals surface area contributed by atoms with Crippen LogP contribution in [-0.4, -0.2) is 5.78 Å². The molecule has 0 aliphatic heterocycles. The summed E-state index contributed by atoms with van der Waals surface area (Å²) in [5.41, 5.74) is 0. The summed E-state index contributed by atoms with van der Waals surface area (Å²) >= 11 is 0. The topological polar surface area (TPSA) is 30.2 Å². The normalized spacial score (nSPS) is 28.5. The Kier molecular flexibility index (Phi) is 3.51. The molecule has 0 spiro atoms. The van der Waals surface area contributed by atoms with Gasteiger partial charge in [-0.3, -0.25) is 4.79 Å². The minimum absolute atomic E-state index is 0.0543. The average molecular weight is 232 g/mol. The van der Waals surface area contributed by atoms with Crippen LogP contribution in [0.2, 0.25) is 0 Å². The molecule has 0 saturated heterocycles. The van der Waals surface area contributed by atoms with Crippen LogP contribution in [0.4, 0.5) is 0 Å². The minimum atomic E-state index is 0.0543. The minimum Gasteiger partial charge on any atom is -0.461 e. The van der Waals surface area contributed by atoms with Gasteiger partial charge < -0.3 is 4.42 Å². The second-order valence-electron chi connectivity index (χ2n) is 5.25. The molecule has 17 heavy (non-hydrogen) atoms. The first-order chi connectivity index (χ1) is 8.15. The van der Waals surface area contributed by atoms with Crippen molar-refractivity contribution in [2.75, 3.05) is 0 Å². The van der Waals surface area contributed by atoms with Crippen LogP contribution in [0.15, 0.2) is 35.5 Å². The first-order valence-corrected chi connectivity index (χ1v) is 6.35. The van der Waals surface area contributed by atoms with Crippen molar-refractivity contribution in [2.45, 2.75) is 26.7 Å². The molecule has 0 unspecified atom stereocenters. The van der Waals surface area contributed by atoms with Crippen molar-refractivity contribution in [1.29, 1.82) is 0 Å². The fourth-order valence-electron chi connectivity index (χ4n) is 3.05. The first-order valence-electron chi connectivity index (χ1n) is 6.35. The van der Waals surface area contributed by atoms with Crippen molar-refractivity contribution in [1.82, 2.24) is 0 Å². The van der Waals surface area contributed by atoms with E-state index in [2.05, 4.69) is 20.4 Å². The van der Waals surface area contributed by atoms with Gasteiger partial charge in [-0.2, -0.15) is 0 Å². The zero-order valence-electron chi connectivity index (χ0n) is 10.6. The fraction of sp³-hybridized carbons (Fsp3) is 0.533. The second kappa shape index (κ2) is 4.91. The lowest BCUT2D eigenvalue weighted by Gasteiger charge is -2.24. The molecule has 2 nitrogen and oxygen atoms in total. The van der Waals surface area contributed by atoms with Crippen LogP contribution in [0.1, 0.15) is 37.2 Å². The van der Waals surface area contributed by atoms with Gasteiger partial charge in [-0.1, -0.05) is 19.9 Å². The fourth-order valence-corrected chi connectivity index (χ4v) is 3.05. The van der Waals surface area contributed by atoms with E-state index in [1.807, 2.05) is 6.08 Å². The maximum Gasteiger partial charge on any atom is 0.201 e.